The van der Waals surface area contributed by atoms with E-state index in [2.05, 4.69) is 4.98 Å². The molecule has 8 heteroatoms. The Labute approximate surface area is 90.1 Å². The number of aromatic nitrogens is 1. The molecule has 1 aromatic heterocycles. The van der Waals surface area contributed by atoms with Crippen LogP contribution in [0, 0.1) is 6.92 Å². The number of sulfonamides is 1. The summed E-state index contributed by atoms with van der Waals surface area (Å²) in [6.07, 6.45) is -2.97. The van der Waals surface area contributed by atoms with Crippen LogP contribution in [0.5, 0.6) is 0 Å². The highest BCUT2D eigenvalue weighted by Crippen LogP contribution is 2.29. The number of nitrogens with two attached hydrogens (primary N) is 1. The summed E-state index contributed by atoms with van der Waals surface area (Å²) < 4.78 is 47.1. The van der Waals surface area contributed by atoms with Crippen LogP contribution in [0.2, 0.25) is 5.15 Å². The Morgan fingerprint density at radius 1 is 1.53 bits per heavy atom. The van der Waals surface area contributed by atoms with Crippen LogP contribution in [0.4, 0.5) is 8.78 Å². The molecule has 0 amide bonds. The summed E-state index contributed by atoms with van der Waals surface area (Å²) in [6, 6.07) is 0.791. The van der Waals surface area contributed by atoms with Crippen molar-refractivity contribution in [1.82, 2.24) is 4.98 Å². The minimum absolute atomic E-state index is 0.139. The van der Waals surface area contributed by atoms with Gasteiger partial charge in [-0.15, -0.1) is 0 Å². The third kappa shape index (κ3) is 2.61. The quantitative estimate of drug-likeness (QED) is 0.818. The second kappa shape index (κ2) is 3.99. The zero-order chi connectivity index (χ0) is 11.8. The van der Waals surface area contributed by atoms with E-state index >= 15 is 0 Å². The van der Waals surface area contributed by atoms with Crippen molar-refractivity contribution in [2.24, 2.45) is 5.14 Å². The Bertz CT molecular complexity index is 490. The molecule has 0 aliphatic heterocycles. The highest BCUT2D eigenvalue weighted by atomic mass is 35.5. The summed E-state index contributed by atoms with van der Waals surface area (Å²) in [5, 5.41) is 4.60. The molecule has 0 radical (unpaired) electrons. The second-order valence-electron chi connectivity index (χ2n) is 2.79. The lowest BCUT2D eigenvalue weighted by Crippen LogP contribution is -2.17. The van der Waals surface area contributed by atoms with Crippen molar-refractivity contribution < 1.29 is 17.2 Å². The maximum absolute atomic E-state index is 12.5. The Morgan fingerprint density at radius 3 is 2.47 bits per heavy atom. The average Bonchev–Trinajstić information content (AvgIpc) is 1.99. The van der Waals surface area contributed by atoms with Crippen molar-refractivity contribution in [2.75, 3.05) is 0 Å². The van der Waals surface area contributed by atoms with Gasteiger partial charge < -0.3 is 0 Å². The highest BCUT2D eigenvalue weighted by Gasteiger charge is 2.24. The molecule has 0 aromatic carbocycles. The maximum Gasteiger partial charge on any atom is 0.265 e. The van der Waals surface area contributed by atoms with Crippen molar-refractivity contribution in [1.29, 1.82) is 0 Å². The molecule has 0 atom stereocenters. The molecule has 15 heavy (non-hydrogen) atoms. The van der Waals surface area contributed by atoms with Gasteiger partial charge in [-0.25, -0.2) is 27.3 Å². The molecule has 0 fully saturated rings. The number of hydrogen-bond acceptors (Lipinski definition) is 3. The fourth-order valence-corrected chi connectivity index (χ4v) is 2.36. The number of primary sulfonamides is 1. The zero-order valence-electron chi connectivity index (χ0n) is 7.54. The van der Waals surface area contributed by atoms with Crippen LogP contribution in [0.15, 0.2) is 11.0 Å². The van der Waals surface area contributed by atoms with Crippen molar-refractivity contribution in [3.8, 4) is 0 Å². The molecule has 0 aliphatic rings. The minimum Gasteiger partial charge on any atom is -0.240 e. The highest BCUT2D eigenvalue weighted by molar-refractivity contribution is 7.89. The fraction of sp³-hybridized carbons (Fsp3) is 0.286. The first-order valence-electron chi connectivity index (χ1n) is 3.71. The van der Waals surface area contributed by atoms with Crippen LogP contribution in [0.25, 0.3) is 0 Å². The summed E-state index contributed by atoms with van der Waals surface area (Å²) >= 11 is 5.44. The van der Waals surface area contributed by atoms with Crippen LogP contribution in [-0.2, 0) is 10.0 Å². The molecule has 1 aromatic rings. The predicted molar refractivity (Wildman–Crippen MR) is 50.3 cm³/mol. The fourth-order valence-electron chi connectivity index (χ4n) is 1.18. The van der Waals surface area contributed by atoms with E-state index in [1.807, 2.05) is 0 Å². The van der Waals surface area contributed by atoms with E-state index in [9.17, 15) is 17.2 Å². The van der Waals surface area contributed by atoms with Crippen molar-refractivity contribution >= 4 is 21.6 Å². The lowest BCUT2D eigenvalue weighted by atomic mass is 10.2. The van der Waals surface area contributed by atoms with Gasteiger partial charge in [-0.2, -0.15) is 0 Å². The van der Waals surface area contributed by atoms with E-state index in [-0.39, 0.29) is 10.8 Å². The number of nitrogens with zero attached hydrogens (tertiary/aromatic N) is 1. The summed E-state index contributed by atoms with van der Waals surface area (Å²) in [5.74, 6) is 0. The van der Waals surface area contributed by atoms with Crippen molar-refractivity contribution in [3.05, 3.63) is 22.5 Å². The number of halogens is 3. The normalized spacial score (nSPS) is 12.1. The molecule has 1 rings (SSSR count). The molecular weight excluding hydrogens is 250 g/mol. The Morgan fingerprint density at radius 2 is 2.07 bits per heavy atom. The summed E-state index contributed by atoms with van der Waals surface area (Å²) in [4.78, 5) is 2.89. The van der Waals surface area contributed by atoms with Crippen LogP contribution >= 0.6 is 11.6 Å². The first-order valence-corrected chi connectivity index (χ1v) is 5.64. The van der Waals surface area contributed by atoms with Crippen LogP contribution in [0.1, 0.15) is 17.7 Å². The number of alkyl halides is 2. The number of pyridine rings is 1. The van der Waals surface area contributed by atoms with Gasteiger partial charge >= 0.3 is 0 Å². The third-order valence-corrected chi connectivity index (χ3v) is 2.95. The third-order valence-electron chi connectivity index (χ3n) is 1.66. The first-order chi connectivity index (χ1) is 6.73. The SMILES string of the molecule is Cc1nc(Cl)cc(C(F)F)c1S(N)(=O)=O. The standard InChI is InChI=1S/C7H7ClF2N2O2S/c1-3-6(15(11,13)14)4(7(9)10)2-5(8)12-3/h2,7H,1H3,(H2,11,13,14). The maximum atomic E-state index is 12.5. The van der Waals surface area contributed by atoms with E-state index in [1.165, 1.54) is 6.92 Å². The van der Waals surface area contributed by atoms with Gasteiger partial charge in [0, 0.05) is 5.56 Å². The molecule has 2 N–H and O–H groups in total. The van der Waals surface area contributed by atoms with Crippen LogP contribution < -0.4 is 5.14 Å². The molecule has 4 nitrogen and oxygen atoms in total. The van der Waals surface area contributed by atoms with Crippen molar-refractivity contribution in [2.45, 2.75) is 18.2 Å². The molecule has 0 spiro atoms. The number of aryl methyl sites for hydroxylation is 1. The number of hydrogen-bond donors (Lipinski definition) is 1. The van der Waals surface area contributed by atoms with Gasteiger partial charge in [0.15, 0.2) is 0 Å². The van der Waals surface area contributed by atoms with E-state index in [0.717, 1.165) is 6.07 Å². The minimum atomic E-state index is -4.23. The summed E-state index contributed by atoms with van der Waals surface area (Å²) in [7, 11) is -4.23. The van der Waals surface area contributed by atoms with Gasteiger partial charge in [0.05, 0.1) is 5.69 Å². The Hall–Kier alpha value is -0.790. The van der Waals surface area contributed by atoms with Gasteiger partial charge in [-0.1, -0.05) is 11.6 Å². The van der Waals surface area contributed by atoms with E-state index in [4.69, 9.17) is 16.7 Å². The van der Waals surface area contributed by atoms with E-state index < -0.39 is 26.9 Å². The number of rotatable bonds is 2. The topological polar surface area (TPSA) is 73.0 Å². The van der Waals surface area contributed by atoms with Gasteiger partial charge in [-0.3, -0.25) is 0 Å². The van der Waals surface area contributed by atoms with Gasteiger partial charge in [0.1, 0.15) is 10.0 Å². The van der Waals surface area contributed by atoms with Crippen LogP contribution in [-0.4, -0.2) is 13.4 Å². The van der Waals surface area contributed by atoms with Crippen molar-refractivity contribution in [3.63, 3.8) is 0 Å². The average molecular weight is 257 g/mol. The first kappa shape index (κ1) is 12.3. The van der Waals surface area contributed by atoms with Gasteiger partial charge in [0.2, 0.25) is 10.0 Å². The predicted octanol–water partition coefficient (Wildman–Crippen LogP) is 1.63. The molecule has 1 heterocycles. The molecule has 0 saturated heterocycles. The Balaban J connectivity index is 3.62. The zero-order valence-corrected chi connectivity index (χ0v) is 9.11. The second-order valence-corrected chi connectivity index (χ2v) is 4.68. The van der Waals surface area contributed by atoms with E-state index in [0.29, 0.717) is 0 Å². The summed E-state index contributed by atoms with van der Waals surface area (Å²) in [6.45, 7) is 1.25. The molecule has 84 valence electrons. The lowest BCUT2D eigenvalue weighted by molar-refractivity contribution is 0.147. The van der Waals surface area contributed by atoms with Crippen LogP contribution in [0.3, 0.4) is 0 Å². The summed E-state index contributed by atoms with van der Waals surface area (Å²) in [5.41, 5.74) is -0.865. The lowest BCUT2D eigenvalue weighted by Gasteiger charge is -2.09. The smallest absolute Gasteiger partial charge is 0.240 e. The monoisotopic (exact) mass is 256 g/mol. The Kier molecular flexibility index (Phi) is 3.27. The molecule has 0 aliphatic carbocycles. The molecule has 0 bridgehead atoms. The largest absolute Gasteiger partial charge is 0.265 e. The molecule has 0 unspecified atom stereocenters. The molecule has 0 saturated carbocycles. The molecular formula is C7H7ClF2N2O2S. The van der Waals surface area contributed by atoms with E-state index in [1.54, 1.807) is 0 Å². The van der Waals surface area contributed by atoms with Gasteiger partial charge in [0.25, 0.3) is 6.43 Å². The van der Waals surface area contributed by atoms with Gasteiger partial charge in [-0.05, 0) is 13.0 Å².